The van der Waals surface area contributed by atoms with E-state index in [0.717, 1.165) is 42.0 Å². The predicted molar refractivity (Wildman–Crippen MR) is 93.5 cm³/mol. The van der Waals surface area contributed by atoms with Gasteiger partial charge in [-0.25, -0.2) is 0 Å². The van der Waals surface area contributed by atoms with E-state index in [1.54, 1.807) is 0 Å². The first-order chi connectivity index (χ1) is 10.2. The van der Waals surface area contributed by atoms with E-state index >= 15 is 0 Å². The van der Waals surface area contributed by atoms with E-state index in [0.29, 0.717) is 6.61 Å². The second-order valence-corrected chi connectivity index (χ2v) is 6.77. The van der Waals surface area contributed by atoms with Gasteiger partial charge in [-0.3, -0.25) is 0 Å². The first-order valence-electron chi connectivity index (χ1n) is 7.23. The van der Waals surface area contributed by atoms with Gasteiger partial charge in [-0.1, -0.05) is 30.3 Å². The van der Waals surface area contributed by atoms with E-state index in [4.69, 9.17) is 9.47 Å². The highest BCUT2D eigenvalue weighted by atomic mass is 79.9. The van der Waals surface area contributed by atoms with Gasteiger partial charge >= 0.3 is 0 Å². The Balaban J connectivity index is 1.80. The van der Waals surface area contributed by atoms with Gasteiger partial charge in [0.25, 0.3) is 0 Å². The van der Waals surface area contributed by atoms with Crippen molar-refractivity contribution >= 4 is 39.3 Å². The molecule has 0 atom stereocenters. The predicted octanol–water partition coefficient (Wildman–Crippen LogP) is 4.71. The minimum Gasteiger partial charge on any atom is -0.492 e. The van der Waals surface area contributed by atoms with Gasteiger partial charge in [0.2, 0.25) is 0 Å². The molecular formula is C17H19BrO2S. The highest BCUT2D eigenvalue weighted by molar-refractivity contribution is 9.10. The summed E-state index contributed by atoms with van der Waals surface area (Å²) in [6.07, 6.45) is 2.03. The second-order valence-electron chi connectivity index (χ2n) is 5.66. The Morgan fingerprint density at radius 2 is 1.90 bits per heavy atom. The minimum absolute atomic E-state index is 0.131. The Morgan fingerprint density at radius 3 is 2.67 bits per heavy atom. The number of hydrogen-bond donors (Lipinski definition) is 1. The SMILES string of the molecule is SCC1(COc2ccc3ccccc3c2Br)CCOCC1. The molecule has 2 aromatic rings. The number of rotatable bonds is 4. The summed E-state index contributed by atoms with van der Waals surface area (Å²) in [5.74, 6) is 1.74. The second kappa shape index (κ2) is 6.59. The van der Waals surface area contributed by atoms with Gasteiger partial charge in [0, 0.05) is 18.6 Å². The lowest BCUT2D eigenvalue weighted by atomic mass is 9.83. The van der Waals surface area contributed by atoms with Crippen molar-refractivity contribution in [3.05, 3.63) is 40.9 Å². The zero-order valence-electron chi connectivity index (χ0n) is 11.8. The number of fused-ring (bicyclic) bond motifs is 1. The third-order valence-corrected chi connectivity index (χ3v) is 5.74. The third-order valence-electron chi connectivity index (χ3n) is 4.25. The maximum Gasteiger partial charge on any atom is 0.134 e. The number of benzene rings is 2. The Hall–Kier alpha value is -0.710. The number of thiol groups is 1. The summed E-state index contributed by atoms with van der Waals surface area (Å²) < 4.78 is 12.6. The number of ether oxygens (including phenoxy) is 2. The molecule has 0 N–H and O–H groups in total. The van der Waals surface area contributed by atoms with Gasteiger partial charge in [0.15, 0.2) is 0 Å². The van der Waals surface area contributed by atoms with Crippen molar-refractivity contribution in [1.82, 2.24) is 0 Å². The maximum atomic E-state index is 6.13. The van der Waals surface area contributed by atoms with Crippen LogP contribution in [0, 0.1) is 5.41 Å². The fourth-order valence-corrected chi connectivity index (χ4v) is 3.72. The van der Waals surface area contributed by atoms with Crippen LogP contribution in [0.4, 0.5) is 0 Å². The fraction of sp³-hybridized carbons (Fsp3) is 0.412. The van der Waals surface area contributed by atoms with Crippen LogP contribution in [0.1, 0.15) is 12.8 Å². The molecule has 1 fully saturated rings. The van der Waals surface area contributed by atoms with E-state index in [1.165, 1.54) is 10.8 Å². The summed E-state index contributed by atoms with van der Waals surface area (Å²) in [6.45, 7) is 2.31. The summed E-state index contributed by atoms with van der Waals surface area (Å²) in [5.41, 5.74) is 0.131. The van der Waals surface area contributed by atoms with Crippen molar-refractivity contribution in [2.24, 2.45) is 5.41 Å². The van der Waals surface area contributed by atoms with Crippen LogP contribution < -0.4 is 4.74 Å². The third kappa shape index (κ3) is 3.22. The standard InChI is InChI=1S/C17H19BrO2S/c18-16-14-4-2-1-3-13(14)5-6-15(16)20-11-17(12-21)7-9-19-10-8-17/h1-6,21H,7-12H2. The van der Waals surface area contributed by atoms with E-state index in [-0.39, 0.29) is 5.41 Å². The molecule has 1 heterocycles. The van der Waals surface area contributed by atoms with Crippen LogP contribution in [0.3, 0.4) is 0 Å². The lowest BCUT2D eigenvalue weighted by Crippen LogP contribution is -2.36. The van der Waals surface area contributed by atoms with Crippen LogP contribution in [0.15, 0.2) is 40.9 Å². The molecule has 21 heavy (non-hydrogen) atoms. The molecule has 1 aliphatic rings. The lowest BCUT2D eigenvalue weighted by Gasteiger charge is -2.35. The van der Waals surface area contributed by atoms with Crippen LogP contribution in [-0.2, 0) is 4.74 Å². The van der Waals surface area contributed by atoms with Crippen molar-refractivity contribution in [2.45, 2.75) is 12.8 Å². The smallest absolute Gasteiger partial charge is 0.134 e. The highest BCUT2D eigenvalue weighted by Crippen LogP contribution is 2.36. The summed E-state index contributed by atoms with van der Waals surface area (Å²) in [7, 11) is 0. The molecule has 112 valence electrons. The van der Waals surface area contributed by atoms with Gasteiger partial charge in [0.1, 0.15) is 5.75 Å². The normalized spacial score (nSPS) is 17.8. The maximum absolute atomic E-state index is 6.13. The van der Waals surface area contributed by atoms with Crippen molar-refractivity contribution in [3.8, 4) is 5.75 Å². The van der Waals surface area contributed by atoms with Gasteiger partial charge in [0.05, 0.1) is 11.1 Å². The first kappa shape index (κ1) is 15.2. The van der Waals surface area contributed by atoms with E-state index in [2.05, 4.69) is 46.8 Å². The topological polar surface area (TPSA) is 18.5 Å². The monoisotopic (exact) mass is 366 g/mol. The zero-order valence-corrected chi connectivity index (χ0v) is 14.3. The lowest BCUT2D eigenvalue weighted by molar-refractivity contribution is 0.00300. The molecule has 0 saturated carbocycles. The van der Waals surface area contributed by atoms with E-state index in [9.17, 15) is 0 Å². The van der Waals surface area contributed by atoms with Crippen molar-refractivity contribution in [1.29, 1.82) is 0 Å². The van der Waals surface area contributed by atoms with Crippen molar-refractivity contribution in [3.63, 3.8) is 0 Å². The molecule has 0 bridgehead atoms. The molecule has 0 radical (unpaired) electrons. The Morgan fingerprint density at radius 1 is 1.14 bits per heavy atom. The molecule has 1 saturated heterocycles. The summed E-state index contributed by atoms with van der Waals surface area (Å²) in [6, 6.07) is 12.5. The molecule has 2 nitrogen and oxygen atoms in total. The largest absolute Gasteiger partial charge is 0.492 e. The molecular weight excluding hydrogens is 348 g/mol. The quantitative estimate of drug-likeness (QED) is 0.790. The molecule has 3 rings (SSSR count). The molecule has 0 aliphatic carbocycles. The van der Waals surface area contributed by atoms with Crippen LogP contribution >= 0.6 is 28.6 Å². The Labute approximate surface area is 139 Å². The van der Waals surface area contributed by atoms with Gasteiger partial charge in [-0.05, 0) is 51.4 Å². The molecule has 0 spiro atoms. The van der Waals surface area contributed by atoms with Gasteiger partial charge in [-0.15, -0.1) is 0 Å². The van der Waals surface area contributed by atoms with Crippen LogP contribution in [0.5, 0.6) is 5.75 Å². The first-order valence-corrected chi connectivity index (χ1v) is 8.65. The summed E-state index contributed by atoms with van der Waals surface area (Å²) in [5, 5.41) is 2.40. The van der Waals surface area contributed by atoms with E-state index in [1.807, 2.05) is 18.2 Å². The van der Waals surface area contributed by atoms with Gasteiger partial charge < -0.3 is 9.47 Å². The number of hydrogen-bond acceptors (Lipinski definition) is 3. The highest BCUT2D eigenvalue weighted by Gasteiger charge is 2.32. The zero-order chi connectivity index (χ0) is 14.7. The van der Waals surface area contributed by atoms with Crippen LogP contribution in [0.2, 0.25) is 0 Å². The van der Waals surface area contributed by atoms with Crippen molar-refractivity contribution in [2.75, 3.05) is 25.6 Å². The summed E-state index contributed by atoms with van der Waals surface area (Å²) in [4.78, 5) is 0. The Kier molecular flexibility index (Phi) is 4.77. The molecule has 0 unspecified atom stereocenters. The fourth-order valence-electron chi connectivity index (χ4n) is 2.71. The molecule has 0 aromatic heterocycles. The molecule has 0 amide bonds. The van der Waals surface area contributed by atoms with E-state index < -0.39 is 0 Å². The molecule has 1 aliphatic heterocycles. The van der Waals surface area contributed by atoms with Crippen LogP contribution in [-0.4, -0.2) is 25.6 Å². The van der Waals surface area contributed by atoms with Crippen molar-refractivity contribution < 1.29 is 9.47 Å². The summed E-state index contributed by atoms with van der Waals surface area (Å²) >= 11 is 8.21. The van der Waals surface area contributed by atoms with Gasteiger partial charge in [-0.2, -0.15) is 12.6 Å². The van der Waals surface area contributed by atoms with Crippen LogP contribution in [0.25, 0.3) is 10.8 Å². The number of halogens is 1. The Bertz CT molecular complexity index is 623. The minimum atomic E-state index is 0.131. The molecule has 4 heteroatoms. The molecule has 2 aromatic carbocycles. The average molecular weight is 367 g/mol. The average Bonchev–Trinajstić information content (AvgIpc) is 2.55.